The second-order valence-corrected chi connectivity index (χ2v) is 5.95. The van der Waals surface area contributed by atoms with E-state index in [1.54, 1.807) is 4.68 Å². The van der Waals surface area contributed by atoms with E-state index in [2.05, 4.69) is 12.0 Å². The molecule has 0 N–H and O–H groups in total. The van der Waals surface area contributed by atoms with E-state index in [-0.39, 0.29) is 5.92 Å². The molecule has 1 aliphatic carbocycles. The maximum Gasteiger partial charge on any atom is 0.141 e. The number of nitrogens with zero attached hydrogens (tertiary/aromatic N) is 2. The van der Waals surface area contributed by atoms with Crippen molar-refractivity contribution in [3.8, 4) is 0 Å². The Morgan fingerprint density at radius 2 is 2.00 bits per heavy atom. The normalized spacial score (nSPS) is 24.2. The van der Waals surface area contributed by atoms with Crippen molar-refractivity contribution in [2.75, 3.05) is 0 Å². The summed E-state index contributed by atoms with van der Waals surface area (Å²) in [5.41, 5.74) is 1.66. The van der Waals surface area contributed by atoms with Crippen LogP contribution in [0.1, 0.15) is 44.0 Å². The van der Waals surface area contributed by atoms with Crippen LogP contribution in [-0.4, -0.2) is 15.6 Å². The zero-order chi connectivity index (χ0) is 13.3. The molecule has 18 heavy (non-hydrogen) atoms. The number of Topliss-reactive ketones (excluding diaryl/α,β-unsaturated/α-hetero) is 1. The molecule has 0 amide bonds. The minimum Gasteiger partial charge on any atom is -0.299 e. The molecular weight excluding hydrogens is 248 g/mol. The number of hydrogen-bond donors (Lipinski definition) is 0. The monoisotopic (exact) mass is 268 g/mol. The summed E-state index contributed by atoms with van der Waals surface area (Å²) in [5, 5.41) is 4.90. The molecule has 1 heterocycles. The van der Waals surface area contributed by atoms with Gasteiger partial charge < -0.3 is 0 Å². The summed E-state index contributed by atoms with van der Waals surface area (Å²) < 4.78 is 1.74. The van der Waals surface area contributed by atoms with Crippen molar-refractivity contribution in [2.24, 2.45) is 18.9 Å². The van der Waals surface area contributed by atoms with Crippen LogP contribution in [0.15, 0.2) is 0 Å². The average molecular weight is 269 g/mol. The summed E-state index contributed by atoms with van der Waals surface area (Å²) in [4.78, 5) is 12.3. The smallest absolute Gasteiger partial charge is 0.141 e. The van der Waals surface area contributed by atoms with E-state index in [9.17, 15) is 4.79 Å². The molecule has 0 spiro atoms. The van der Waals surface area contributed by atoms with Crippen molar-refractivity contribution in [1.29, 1.82) is 0 Å². The molecule has 0 bridgehead atoms. The largest absolute Gasteiger partial charge is 0.299 e. The van der Waals surface area contributed by atoms with E-state index in [4.69, 9.17) is 11.6 Å². The summed E-state index contributed by atoms with van der Waals surface area (Å²) >= 11 is 6.18. The maximum atomic E-state index is 12.3. The van der Waals surface area contributed by atoms with Gasteiger partial charge in [-0.3, -0.25) is 9.48 Å². The van der Waals surface area contributed by atoms with Gasteiger partial charge in [-0.25, -0.2) is 0 Å². The van der Waals surface area contributed by atoms with Gasteiger partial charge >= 0.3 is 0 Å². The lowest BCUT2D eigenvalue weighted by Crippen LogP contribution is -2.23. The fourth-order valence-corrected chi connectivity index (χ4v) is 2.99. The molecule has 0 saturated heterocycles. The van der Waals surface area contributed by atoms with Gasteiger partial charge in [0, 0.05) is 13.0 Å². The van der Waals surface area contributed by atoms with Gasteiger partial charge in [-0.15, -0.1) is 0 Å². The molecule has 100 valence electrons. The number of ketones is 1. The predicted octanol–water partition coefficient (Wildman–Crippen LogP) is 3.32. The van der Waals surface area contributed by atoms with E-state index in [0.29, 0.717) is 17.2 Å². The molecule has 0 radical (unpaired) electrons. The van der Waals surface area contributed by atoms with Crippen LogP contribution < -0.4 is 0 Å². The van der Waals surface area contributed by atoms with Crippen molar-refractivity contribution in [1.82, 2.24) is 9.78 Å². The standard InChI is InChI=1S/C14H21ClN2O/c1-9-4-6-11(7-5-9)13(18)8-12-14(15)10(2)16-17(12)3/h9,11H,4-8H2,1-3H3. The minimum absolute atomic E-state index is 0.229. The van der Waals surface area contributed by atoms with Crippen molar-refractivity contribution in [2.45, 2.75) is 46.0 Å². The summed E-state index contributed by atoms with van der Waals surface area (Å²) in [7, 11) is 1.85. The van der Waals surface area contributed by atoms with Crippen LogP contribution in [0, 0.1) is 18.8 Å². The summed E-state index contributed by atoms with van der Waals surface area (Å²) in [5.74, 6) is 1.33. The Bertz CT molecular complexity index is 445. The quantitative estimate of drug-likeness (QED) is 0.843. The molecule has 2 rings (SSSR count). The van der Waals surface area contributed by atoms with Gasteiger partial charge in [0.25, 0.3) is 0 Å². The molecule has 1 aromatic rings. The van der Waals surface area contributed by atoms with Gasteiger partial charge in [0.15, 0.2) is 0 Å². The van der Waals surface area contributed by atoms with Gasteiger partial charge in [-0.2, -0.15) is 5.10 Å². The summed E-state index contributed by atoms with van der Waals surface area (Å²) in [6, 6.07) is 0. The van der Waals surface area contributed by atoms with Crippen LogP contribution >= 0.6 is 11.6 Å². The third-order valence-electron chi connectivity index (χ3n) is 4.07. The Balaban J connectivity index is 2.03. The molecule has 1 fully saturated rings. The third kappa shape index (κ3) is 2.77. The molecule has 3 nitrogen and oxygen atoms in total. The Kier molecular flexibility index (Phi) is 4.10. The van der Waals surface area contributed by atoms with Crippen molar-refractivity contribution >= 4 is 17.4 Å². The van der Waals surface area contributed by atoms with Crippen molar-refractivity contribution in [3.63, 3.8) is 0 Å². The second kappa shape index (κ2) is 5.43. The first-order valence-electron chi connectivity index (χ1n) is 6.69. The van der Waals surface area contributed by atoms with E-state index in [0.717, 1.165) is 30.1 Å². The number of aromatic nitrogens is 2. The van der Waals surface area contributed by atoms with Crippen LogP contribution in [-0.2, 0) is 18.3 Å². The van der Waals surface area contributed by atoms with E-state index < -0.39 is 0 Å². The van der Waals surface area contributed by atoms with Crippen LogP contribution in [0.5, 0.6) is 0 Å². The van der Waals surface area contributed by atoms with E-state index in [1.807, 2.05) is 14.0 Å². The lowest BCUT2D eigenvalue weighted by molar-refractivity contribution is -0.123. The molecule has 0 unspecified atom stereocenters. The van der Waals surface area contributed by atoms with Gasteiger partial charge in [0.05, 0.1) is 22.8 Å². The number of hydrogen-bond acceptors (Lipinski definition) is 2. The van der Waals surface area contributed by atoms with Crippen molar-refractivity contribution in [3.05, 3.63) is 16.4 Å². The molecule has 0 atom stereocenters. The minimum atomic E-state index is 0.229. The first-order chi connectivity index (χ1) is 8.49. The molecule has 1 aromatic heterocycles. The molecule has 1 saturated carbocycles. The van der Waals surface area contributed by atoms with E-state index >= 15 is 0 Å². The van der Waals surface area contributed by atoms with Crippen LogP contribution in [0.25, 0.3) is 0 Å². The highest BCUT2D eigenvalue weighted by Gasteiger charge is 2.26. The highest BCUT2D eigenvalue weighted by Crippen LogP contribution is 2.30. The fraction of sp³-hybridized carbons (Fsp3) is 0.714. The Morgan fingerprint density at radius 3 is 2.50 bits per heavy atom. The molecule has 1 aliphatic rings. The molecule has 0 aromatic carbocycles. The molecule has 4 heteroatoms. The number of carbonyl (C=O) groups is 1. The SMILES string of the molecule is Cc1nn(C)c(CC(=O)C2CCC(C)CC2)c1Cl. The Labute approximate surface area is 114 Å². The van der Waals surface area contributed by atoms with E-state index in [1.165, 1.54) is 12.8 Å². The van der Waals surface area contributed by atoms with Gasteiger partial charge in [0.2, 0.25) is 0 Å². The highest BCUT2D eigenvalue weighted by molar-refractivity contribution is 6.32. The van der Waals surface area contributed by atoms with Crippen LogP contribution in [0.3, 0.4) is 0 Å². The predicted molar refractivity (Wildman–Crippen MR) is 72.8 cm³/mol. The summed E-state index contributed by atoms with van der Waals surface area (Å²) in [6.07, 6.45) is 4.85. The number of carbonyl (C=O) groups excluding carboxylic acids is 1. The number of halogens is 1. The highest BCUT2D eigenvalue weighted by atomic mass is 35.5. The zero-order valence-electron chi connectivity index (χ0n) is 11.4. The first kappa shape index (κ1) is 13.6. The Hall–Kier alpha value is -0.830. The second-order valence-electron chi connectivity index (χ2n) is 5.57. The first-order valence-corrected chi connectivity index (χ1v) is 7.07. The van der Waals surface area contributed by atoms with Crippen molar-refractivity contribution < 1.29 is 4.79 Å². The number of aryl methyl sites for hydroxylation is 2. The average Bonchev–Trinajstić information content (AvgIpc) is 2.57. The van der Waals surface area contributed by atoms with Gasteiger partial charge in [0.1, 0.15) is 5.78 Å². The third-order valence-corrected chi connectivity index (χ3v) is 4.57. The van der Waals surface area contributed by atoms with Gasteiger partial charge in [-0.05, 0) is 25.7 Å². The maximum absolute atomic E-state index is 12.3. The summed E-state index contributed by atoms with van der Waals surface area (Å²) in [6.45, 7) is 4.14. The van der Waals surface area contributed by atoms with Crippen LogP contribution in [0.4, 0.5) is 0 Å². The van der Waals surface area contributed by atoms with Crippen LogP contribution in [0.2, 0.25) is 5.02 Å². The zero-order valence-corrected chi connectivity index (χ0v) is 12.1. The van der Waals surface area contributed by atoms with Gasteiger partial charge in [-0.1, -0.05) is 31.4 Å². The topological polar surface area (TPSA) is 34.9 Å². The fourth-order valence-electron chi connectivity index (χ4n) is 2.76. The number of rotatable bonds is 3. The molecule has 0 aliphatic heterocycles. The lowest BCUT2D eigenvalue weighted by Gasteiger charge is -2.25. The lowest BCUT2D eigenvalue weighted by atomic mass is 9.80. The molecular formula is C14H21ClN2O. The Morgan fingerprint density at radius 1 is 1.39 bits per heavy atom.